The van der Waals surface area contributed by atoms with Gasteiger partial charge in [0.05, 0.1) is 41.3 Å². The van der Waals surface area contributed by atoms with Gasteiger partial charge in [-0.05, 0) is 28.8 Å². The lowest BCUT2D eigenvalue weighted by atomic mass is 10.2. The van der Waals surface area contributed by atoms with E-state index in [1.807, 2.05) is 0 Å². The molecule has 2 aromatic rings. The molecule has 2 atom stereocenters. The summed E-state index contributed by atoms with van der Waals surface area (Å²) >= 11 is 50.5. The van der Waals surface area contributed by atoms with Gasteiger partial charge in [-0.1, -0.05) is 104 Å². The van der Waals surface area contributed by atoms with Gasteiger partial charge in [0.15, 0.2) is 0 Å². The Morgan fingerprint density at radius 3 is 1.78 bits per heavy atom. The van der Waals surface area contributed by atoms with Crippen LogP contribution in [0.5, 0.6) is 0 Å². The Morgan fingerprint density at radius 1 is 0.844 bits per heavy atom. The third-order valence-corrected chi connectivity index (χ3v) is 7.57. The number of alkyl halides is 3. The first-order chi connectivity index (χ1) is 14.6. The standard InChI is InChI=1S/C9H3Cl6O4P.C7H3Cl3O2/c10-3-1-2-4(11)6(12)5(3)7(16)19-8(20(17)18)9(13,14)15;8-4-2-1-3(7(11)12)5(9)6(4)10/h1-2,8H;1-2H,(H,11,12)/p+1. The highest BCUT2D eigenvalue weighted by molar-refractivity contribution is 7.39. The minimum Gasteiger partial charge on any atom is -0.478 e. The summed E-state index contributed by atoms with van der Waals surface area (Å²) in [6.07, 6.45) is 0. The molecule has 0 radical (unpaired) electrons. The Labute approximate surface area is 226 Å². The van der Waals surface area contributed by atoms with Gasteiger partial charge in [0, 0.05) is 0 Å². The van der Waals surface area contributed by atoms with Crippen molar-refractivity contribution >= 4 is 124 Å². The van der Waals surface area contributed by atoms with Crippen LogP contribution in [0.2, 0.25) is 30.1 Å². The fourth-order valence-corrected chi connectivity index (χ4v) is 4.42. The van der Waals surface area contributed by atoms with Crippen molar-refractivity contribution in [1.82, 2.24) is 0 Å². The van der Waals surface area contributed by atoms with E-state index in [1.54, 1.807) is 0 Å². The van der Waals surface area contributed by atoms with Crippen molar-refractivity contribution in [3.8, 4) is 0 Å². The highest BCUT2D eigenvalue weighted by Crippen LogP contribution is 2.44. The summed E-state index contributed by atoms with van der Waals surface area (Å²) in [4.78, 5) is 31.5. The number of carboxylic acids is 1. The zero-order valence-electron chi connectivity index (χ0n) is 14.8. The molecular formula is C16H7Cl9O6P+. The Kier molecular flexibility index (Phi) is 11.9. The van der Waals surface area contributed by atoms with Crippen LogP contribution < -0.4 is 0 Å². The van der Waals surface area contributed by atoms with Crippen LogP contribution in [-0.2, 0) is 9.30 Å². The summed E-state index contributed by atoms with van der Waals surface area (Å²) in [7, 11) is -3.11. The molecule has 0 fully saturated rings. The van der Waals surface area contributed by atoms with Crippen LogP contribution in [0.25, 0.3) is 0 Å². The molecule has 0 aromatic heterocycles. The van der Waals surface area contributed by atoms with E-state index in [2.05, 4.69) is 4.74 Å². The minimum absolute atomic E-state index is 0.0309. The van der Waals surface area contributed by atoms with E-state index in [4.69, 9.17) is 114 Å². The van der Waals surface area contributed by atoms with Crippen molar-refractivity contribution in [2.75, 3.05) is 0 Å². The van der Waals surface area contributed by atoms with Gasteiger partial charge < -0.3 is 9.84 Å². The molecule has 174 valence electrons. The molecule has 2 N–H and O–H groups in total. The van der Waals surface area contributed by atoms with E-state index in [0.717, 1.165) is 0 Å². The maximum atomic E-state index is 11.9. The second-order valence-electron chi connectivity index (χ2n) is 5.35. The van der Waals surface area contributed by atoms with E-state index in [-0.39, 0.29) is 41.3 Å². The zero-order valence-corrected chi connectivity index (χ0v) is 22.5. The normalized spacial score (nSPS) is 12.4. The van der Waals surface area contributed by atoms with Crippen molar-refractivity contribution in [1.29, 1.82) is 0 Å². The molecule has 0 bridgehead atoms. The number of hydrogen-bond acceptors (Lipinski definition) is 4. The van der Waals surface area contributed by atoms with Crippen LogP contribution in [-0.4, -0.2) is 31.6 Å². The van der Waals surface area contributed by atoms with Gasteiger partial charge in [0.2, 0.25) is 0 Å². The number of hydrogen-bond donors (Lipinski definition) is 2. The Bertz CT molecular complexity index is 1060. The Balaban J connectivity index is 0.000000363. The molecule has 2 aromatic carbocycles. The summed E-state index contributed by atoms with van der Waals surface area (Å²) in [6.45, 7) is 0. The van der Waals surface area contributed by atoms with Gasteiger partial charge in [0.1, 0.15) is 0 Å². The van der Waals surface area contributed by atoms with Crippen LogP contribution in [0.1, 0.15) is 20.7 Å². The zero-order chi connectivity index (χ0) is 25.0. The minimum atomic E-state index is -3.11. The molecule has 0 saturated heterocycles. The second kappa shape index (κ2) is 12.7. The molecule has 0 spiro atoms. The van der Waals surface area contributed by atoms with Crippen molar-refractivity contribution < 1.29 is 28.9 Å². The van der Waals surface area contributed by atoms with Crippen LogP contribution >= 0.6 is 112 Å². The quantitative estimate of drug-likeness (QED) is 0.114. The lowest BCUT2D eigenvalue weighted by molar-refractivity contribution is 0.0438. The van der Waals surface area contributed by atoms with Crippen molar-refractivity contribution in [2.24, 2.45) is 0 Å². The van der Waals surface area contributed by atoms with Gasteiger partial charge in [-0.2, -0.15) is 4.89 Å². The predicted molar refractivity (Wildman–Crippen MR) is 129 cm³/mol. The largest absolute Gasteiger partial charge is 0.555 e. The number of carboxylic acid groups (broad SMARTS) is 1. The fraction of sp³-hybridized carbons (Fsp3) is 0.125. The molecule has 6 nitrogen and oxygen atoms in total. The second-order valence-corrected chi connectivity index (χ2v) is 11.1. The fourth-order valence-electron chi connectivity index (χ4n) is 1.80. The molecule has 0 saturated carbocycles. The van der Waals surface area contributed by atoms with E-state index >= 15 is 0 Å². The lowest BCUT2D eigenvalue weighted by Gasteiger charge is -2.15. The molecule has 0 aliphatic carbocycles. The molecule has 0 heterocycles. The van der Waals surface area contributed by atoms with E-state index < -0.39 is 29.6 Å². The topological polar surface area (TPSA) is 101 Å². The molecule has 0 aliphatic rings. The first-order valence-electron chi connectivity index (χ1n) is 7.52. The maximum Gasteiger partial charge on any atom is 0.555 e. The summed E-state index contributed by atoms with van der Waals surface area (Å²) < 4.78 is 13.5. The molecule has 0 amide bonds. The molecule has 0 aliphatic heterocycles. The monoisotopic (exact) mass is 641 g/mol. The summed E-state index contributed by atoms with van der Waals surface area (Å²) in [5.74, 6) is -4.16. The number of ether oxygens (including phenoxy) is 1. The van der Waals surface area contributed by atoms with Crippen LogP contribution in [0, 0.1) is 0 Å². The Morgan fingerprint density at radius 2 is 1.31 bits per heavy atom. The number of benzene rings is 2. The van der Waals surface area contributed by atoms with Crippen molar-refractivity contribution in [3.63, 3.8) is 0 Å². The number of rotatable bonds is 4. The van der Waals surface area contributed by atoms with Gasteiger partial charge in [0.25, 0.3) is 3.79 Å². The SMILES string of the molecule is O=C(O)c1ccc(Cl)c(Cl)c1Cl.O=C(OC([P+](=O)O)C(Cl)(Cl)Cl)c1c(Cl)ccc(Cl)c1Cl. The van der Waals surface area contributed by atoms with E-state index in [1.165, 1.54) is 24.3 Å². The van der Waals surface area contributed by atoms with Crippen molar-refractivity contribution in [2.45, 2.75) is 9.64 Å². The molecular weight excluding hydrogens is 638 g/mol. The van der Waals surface area contributed by atoms with Gasteiger partial charge >= 0.3 is 25.8 Å². The average Bonchev–Trinajstić information content (AvgIpc) is 2.66. The Hall–Kier alpha value is 0.0500. The third-order valence-electron chi connectivity index (χ3n) is 3.21. The predicted octanol–water partition coefficient (Wildman–Crippen LogP) is 8.58. The van der Waals surface area contributed by atoms with Crippen LogP contribution in [0.15, 0.2) is 24.3 Å². The number of carbonyl (C=O) groups excluding carboxylic acids is 1. The molecule has 2 unspecified atom stereocenters. The van der Waals surface area contributed by atoms with Gasteiger partial charge in [-0.3, -0.25) is 0 Å². The highest BCUT2D eigenvalue weighted by Gasteiger charge is 2.51. The van der Waals surface area contributed by atoms with Crippen LogP contribution in [0.4, 0.5) is 0 Å². The summed E-state index contributed by atoms with van der Waals surface area (Å²) in [6, 6.07) is 5.36. The summed E-state index contributed by atoms with van der Waals surface area (Å²) in [5.41, 5.74) is -0.344. The lowest BCUT2D eigenvalue weighted by Crippen LogP contribution is -2.28. The smallest absolute Gasteiger partial charge is 0.478 e. The molecule has 32 heavy (non-hydrogen) atoms. The van der Waals surface area contributed by atoms with Crippen molar-refractivity contribution in [3.05, 3.63) is 65.5 Å². The van der Waals surface area contributed by atoms with E-state index in [0.29, 0.717) is 0 Å². The van der Waals surface area contributed by atoms with Gasteiger partial charge in [-0.15, -0.1) is 0 Å². The number of halogens is 9. The molecule has 2 rings (SSSR count). The first kappa shape index (κ1) is 30.1. The molecule has 16 heteroatoms. The highest BCUT2D eigenvalue weighted by atomic mass is 35.6. The average molecular weight is 645 g/mol. The first-order valence-corrected chi connectivity index (χ1v) is 12.2. The van der Waals surface area contributed by atoms with Crippen LogP contribution in [0.3, 0.4) is 0 Å². The number of aromatic carboxylic acids is 1. The van der Waals surface area contributed by atoms with E-state index in [9.17, 15) is 14.2 Å². The maximum absolute atomic E-state index is 11.9. The number of carbonyl (C=O) groups is 2. The van der Waals surface area contributed by atoms with Gasteiger partial charge in [-0.25, -0.2) is 9.59 Å². The third kappa shape index (κ3) is 8.07. The number of esters is 1. The summed E-state index contributed by atoms with van der Waals surface area (Å²) in [5, 5.41) is 8.67.